The summed E-state index contributed by atoms with van der Waals surface area (Å²) < 4.78 is 2.02. The van der Waals surface area contributed by atoms with Gasteiger partial charge in [-0.05, 0) is 24.8 Å². The molecule has 3 N–H and O–H groups in total. The fourth-order valence-corrected chi connectivity index (χ4v) is 3.90. The fraction of sp³-hybridized carbons (Fsp3) is 0.444. The molecule has 0 saturated heterocycles. The lowest BCUT2D eigenvalue weighted by atomic mass is 9.86. The molecule has 0 aromatic carbocycles. The molecule has 2 atom stereocenters. The van der Waals surface area contributed by atoms with Crippen LogP contribution in [0, 0.1) is 5.92 Å². The topological polar surface area (TPSA) is 105 Å². The zero-order valence-electron chi connectivity index (χ0n) is 14.9. The number of aromatic nitrogens is 4. The molecule has 0 spiro atoms. The summed E-state index contributed by atoms with van der Waals surface area (Å²) in [5, 5.41) is 11.4. The summed E-state index contributed by atoms with van der Waals surface area (Å²) in [7, 11) is 1.42. The lowest BCUT2D eigenvalue weighted by Crippen LogP contribution is -2.33. The summed E-state index contributed by atoms with van der Waals surface area (Å²) in [5.41, 5.74) is 1.73. The van der Waals surface area contributed by atoms with Gasteiger partial charge in [0.15, 0.2) is 5.82 Å². The first-order valence-electron chi connectivity index (χ1n) is 8.97. The highest BCUT2D eigenvalue weighted by molar-refractivity contribution is 6.40. The van der Waals surface area contributed by atoms with Gasteiger partial charge in [0.05, 0.1) is 16.9 Å². The Morgan fingerprint density at radius 1 is 1.23 bits per heavy atom. The van der Waals surface area contributed by atoms with Crippen LogP contribution in [0.1, 0.15) is 38.6 Å². The molecule has 4 rings (SSSR count). The van der Waals surface area contributed by atoms with E-state index in [1.54, 1.807) is 6.20 Å². The van der Waals surface area contributed by atoms with Gasteiger partial charge >= 0.3 is 11.8 Å². The normalized spacial score (nSPS) is 20.4. The van der Waals surface area contributed by atoms with Crippen LogP contribution in [-0.4, -0.2) is 38.6 Å². The van der Waals surface area contributed by atoms with Crippen molar-refractivity contribution in [3.05, 3.63) is 18.5 Å². The van der Waals surface area contributed by atoms with Crippen LogP contribution in [0.3, 0.4) is 0 Å². The van der Waals surface area contributed by atoms with Gasteiger partial charge in [0.1, 0.15) is 5.65 Å². The molecule has 3 aromatic rings. The quantitative estimate of drug-likeness (QED) is 0.614. The molecule has 0 radical (unpaired) electrons. The Hall–Kier alpha value is -2.90. The number of rotatable bonds is 2. The first-order chi connectivity index (χ1) is 12.6. The fourth-order valence-electron chi connectivity index (χ4n) is 3.90. The molecular weight excluding hydrogens is 332 g/mol. The molecule has 0 aliphatic heterocycles. The molecule has 136 valence electrons. The number of nitrogens with zero attached hydrogens (tertiary/aromatic N) is 3. The maximum absolute atomic E-state index is 12.1. The highest BCUT2D eigenvalue weighted by Gasteiger charge is 2.28. The Labute approximate surface area is 150 Å². The summed E-state index contributed by atoms with van der Waals surface area (Å²) in [6.45, 7) is 2.25. The summed E-state index contributed by atoms with van der Waals surface area (Å²) in [6, 6.07) is 2.23. The van der Waals surface area contributed by atoms with Crippen molar-refractivity contribution in [2.24, 2.45) is 5.92 Å². The molecule has 1 fully saturated rings. The van der Waals surface area contributed by atoms with Gasteiger partial charge in [-0.25, -0.2) is 4.98 Å². The zero-order valence-corrected chi connectivity index (χ0v) is 14.9. The third kappa shape index (κ3) is 2.61. The van der Waals surface area contributed by atoms with Gasteiger partial charge in [-0.2, -0.15) is 5.10 Å². The smallest absolute Gasteiger partial charge is 0.314 e. The minimum Gasteiger partial charge on any atom is -0.351 e. The van der Waals surface area contributed by atoms with Gasteiger partial charge in [0.2, 0.25) is 0 Å². The number of hydrogen-bond acceptors (Lipinski definition) is 4. The maximum atomic E-state index is 12.1. The van der Waals surface area contributed by atoms with Crippen molar-refractivity contribution in [3.63, 3.8) is 0 Å². The van der Waals surface area contributed by atoms with Gasteiger partial charge in [-0.3, -0.25) is 14.3 Å². The molecule has 2 amide bonds. The maximum Gasteiger partial charge on any atom is 0.314 e. The van der Waals surface area contributed by atoms with Gasteiger partial charge in [0.25, 0.3) is 0 Å². The van der Waals surface area contributed by atoms with Crippen molar-refractivity contribution in [1.29, 1.82) is 0 Å². The number of carbonyl (C=O) groups is 2. The Morgan fingerprint density at radius 3 is 2.81 bits per heavy atom. The SMILES string of the molecule is CNC(=O)C(=O)Nc1nn([C@H]2CCCC[C@H]2C)c2c1cnc1[nH]ccc12. The summed E-state index contributed by atoms with van der Waals surface area (Å²) in [6.07, 6.45) is 8.16. The molecule has 0 bridgehead atoms. The number of likely N-dealkylation sites (N-methyl/N-ethyl adjacent to an activating group) is 1. The van der Waals surface area contributed by atoms with Crippen LogP contribution in [0.2, 0.25) is 0 Å². The summed E-state index contributed by atoms with van der Waals surface area (Å²) >= 11 is 0. The standard InChI is InChI=1S/C18H22N6O2/c1-10-5-3-4-6-13(10)24-14-11-7-8-20-15(11)21-9-12(14)16(23-24)22-18(26)17(25)19-2/h7-10,13H,3-6H2,1-2H3,(H,19,25)(H,20,21)(H,22,23,26)/t10-,13+/m1/s1. The van der Waals surface area contributed by atoms with Crippen LogP contribution in [-0.2, 0) is 9.59 Å². The Bertz CT molecular complexity index is 988. The van der Waals surface area contributed by atoms with Crippen molar-refractivity contribution in [1.82, 2.24) is 25.1 Å². The first-order valence-corrected chi connectivity index (χ1v) is 8.97. The van der Waals surface area contributed by atoms with Gasteiger partial charge < -0.3 is 15.6 Å². The number of aromatic amines is 1. The monoisotopic (exact) mass is 354 g/mol. The molecule has 3 aromatic heterocycles. The number of anilines is 1. The van der Waals surface area contributed by atoms with Crippen LogP contribution in [0.5, 0.6) is 0 Å². The molecular formula is C18H22N6O2. The molecule has 0 unspecified atom stereocenters. The lowest BCUT2D eigenvalue weighted by molar-refractivity contribution is -0.135. The Morgan fingerprint density at radius 2 is 2.04 bits per heavy atom. The molecule has 1 aliphatic rings. The summed E-state index contributed by atoms with van der Waals surface area (Å²) in [5.74, 6) is -0.558. The van der Waals surface area contributed by atoms with Crippen molar-refractivity contribution in [3.8, 4) is 0 Å². The van der Waals surface area contributed by atoms with E-state index in [0.717, 1.165) is 41.2 Å². The second-order valence-corrected chi connectivity index (χ2v) is 6.92. The molecule has 1 saturated carbocycles. The van der Waals surface area contributed by atoms with Gasteiger partial charge in [-0.1, -0.05) is 19.8 Å². The molecule has 3 heterocycles. The number of amides is 2. The van der Waals surface area contributed by atoms with E-state index in [4.69, 9.17) is 5.10 Å². The van der Waals surface area contributed by atoms with E-state index in [-0.39, 0.29) is 6.04 Å². The van der Waals surface area contributed by atoms with E-state index in [0.29, 0.717) is 11.7 Å². The van der Waals surface area contributed by atoms with Crippen LogP contribution >= 0.6 is 0 Å². The van der Waals surface area contributed by atoms with Crippen molar-refractivity contribution in [2.75, 3.05) is 12.4 Å². The number of hydrogen-bond donors (Lipinski definition) is 3. The van der Waals surface area contributed by atoms with Crippen LogP contribution in [0.25, 0.3) is 21.9 Å². The number of pyridine rings is 1. The van der Waals surface area contributed by atoms with E-state index < -0.39 is 11.8 Å². The van der Waals surface area contributed by atoms with Crippen LogP contribution in [0.15, 0.2) is 18.5 Å². The third-order valence-corrected chi connectivity index (χ3v) is 5.30. The van der Waals surface area contributed by atoms with Crippen LogP contribution in [0.4, 0.5) is 5.82 Å². The van der Waals surface area contributed by atoms with Crippen molar-refractivity contribution < 1.29 is 9.59 Å². The molecule has 1 aliphatic carbocycles. The first kappa shape index (κ1) is 16.6. The second-order valence-electron chi connectivity index (χ2n) is 6.92. The van der Waals surface area contributed by atoms with Crippen molar-refractivity contribution in [2.45, 2.75) is 38.6 Å². The van der Waals surface area contributed by atoms with Crippen LogP contribution < -0.4 is 10.6 Å². The number of carbonyl (C=O) groups excluding carboxylic acids is 2. The predicted molar refractivity (Wildman–Crippen MR) is 98.8 cm³/mol. The molecule has 26 heavy (non-hydrogen) atoms. The number of fused-ring (bicyclic) bond motifs is 3. The van der Waals surface area contributed by atoms with E-state index in [1.165, 1.54) is 13.5 Å². The Balaban J connectivity index is 1.88. The van der Waals surface area contributed by atoms with E-state index >= 15 is 0 Å². The lowest BCUT2D eigenvalue weighted by Gasteiger charge is -2.29. The Kier molecular flexibility index (Phi) is 4.10. The highest BCUT2D eigenvalue weighted by atomic mass is 16.2. The van der Waals surface area contributed by atoms with Gasteiger partial charge in [-0.15, -0.1) is 0 Å². The average Bonchev–Trinajstić information content (AvgIpc) is 3.26. The van der Waals surface area contributed by atoms with Gasteiger partial charge in [0, 0.05) is 24.8 Å². The van der Waals surface area contributed by atoms with Crippen molar-refractivity contribution >= 4 is 39.6 Å². The second kappa shape index (κ2) is 6.44. The van der Waals surface area contributed by atoms with E-state index in [1.807, 2.05) is 16.9 Å². The minimum atomic E-state index is -0.732. The minimum absolute atomic E-state index is 0.261. The predicted octanol–water partition coefficient (Wildman–Crippen LogP) is 2.35. The highest BCUT2D eigenvalue weighted by Crippen LogP contribution is 2.38. The number of H-pyrrole nitrogens is 1. The third-order valence-electron chi connectivity index (χ3n) is 5.30. The molecule has 8 nitrogen and oxygen atoms in total. The zero-order chi connectivity index (χ0) is 18.3. The average molecular weight is 354 g/mol. The number of nitrogens with one attached hydrogen (secondary N) is 3. The largest absolute Gasteiger partial charge is 0.351 e. The van der Waals surface area contributed by atoms with E-state index in [2.05, 4.69) is 27.5 Å². The molecule has 8 heteroatoms. The van der Waals surface area contributed by atoms with E-state index in [9.17, 15) is 9.59 Å². The summed E-state index contributed by atoms with van der Waals surface area (Å²) in [4.78, 5) is 31.2.